The lowest BCUT2D eigenvalue weighted by molar-refractivity contribution is 0.106. The fourth-order valence-electron chi connectivity index (χ4n) is 2.13. The van der Waals surface area contributed by atoms with E-state index in [4.69, 9.17) is 5.73 Å². The maximum Gasteiger partial charge on any atom is 0.187 e. The van der Waals surface area contributed by atoms with Gasteiger partial charge in [0, 0.05) is 7.05 Å². The van der Waals surface area contributed by atoms with Crippen molar-refractivity contribution in [2.75, 3.05) is 17.7 Å². The second kappa shape index (κ2) is 4.37. The summed E-state index contributed by atoms with van der Waals surface area (Å²) in [6.07, 6.45) is 5.70. The zero-order valence-electron chi connectivity index (χ0n) is 8.89. The molecule has 1 fully saturated rings. The van der Waals surface area contributed by atoms with Crippen LogP contribution in [0.15, 0.2) is 6.20 Å². The highest BCUT2D eigenvalue weighted by Crippen LogP contribution is 2.30. The Balaban J connectivity index is 2.09. The first-order valence-electron chi connectivity index (χ1n) is 5.30. The first kappa shape index (κ1) is 10.7. The first-order chi connectivity index (χ1) is 7.18. The summed E-state index contributed by atoms with van der Waals surface area (Å²) in [4.78, 5) is 6.29. The predicted octanol–water partition coefficient (Wildman–Crippen LogP) is 1.47. The molecule has 0 spiro atoms. The molecule has 0 amide bonds. The van der Waals surface area contributed by atoms with Gasteiger partial charge in [0.05, 0.1) is 18.3 Å². The van der Waals surface area contributed by atoms with Crippen LogP contribution in [0.4, 0.5) is 10.1 Å². The van der Waals surface area contributed by atoms with Gasteiger partial charge in [-0.1, -0.05) is 24.2 Å². The lowest BCUT2D eigenvalue weighted by atomic mass is 9.92. The molecule has 0 bridgehead atoms. The molecule has 0 aliphatic heterocycles. The van der Waals surface area contributed by atoms with Gasteiger partial charge in [0.2, 0.25) is 0 Å². The molecule has 3 N–H and O–H groups in total. The third kappa shape index (κ3) is 2.23. The van der Waals surface area contributed by atoms with Crippen LogP contribution < -0.4 is 10.6 Å². The molecule has 2 rings (SSSR count). The van der Waals surface area contributed by atoms with Gasteiger partial charge >= 0.3 is 0 Å². The summed E-state index contributed by atoms with van der Waals surface area (Å²) >= 11 is 1.47. The predicted molar refractivity (Wildman–Crippen MR) is 63.2 cm³/mol. The van der Waals surface area contributed by atoms with Crippen molar-refractivity contribution in [3.63, 3.8) is 0 Å². The Bertz CT molecular complexity index is 328. The number of thiazole rings is 1. The van der Waals surface area contributed by atoms with Crippen LogP contribution in [-0.2, 0) is 0 Å². The molecule has 1 saturated carbocycles. The second-order valence-corrected chi connectivity index (χ2v) is 5.12. The van der Waals surface area contributed by atoms with Crippen molar-refractivity contribution in [2.24, 2.45) is 0 Å². The minimum Gasteiger partial charge on any atom is -0.391 e. The number of rotatable bonds is 2. The monoisotopic (exact) mass is 227 g/mol. The molecule has 2 unspecified atom stereocenters. The Morgan fingerprint density at radius 1 is 1.53 bits per heavy atom. The van der Waals surface area contributed by atoms with Gasteiger partial charge in [0.15, 0.2) is 5.13 Å². The number of likely N-dealkylation sites (N-methyl/N-ethyl adjacent to an activating group) is 1. The molecule has 15 heavy (non-hydrogen) atoms. The van der Waals surface area contributed by atoms with Crippen molar-refractivity contribution in [3.8, 4) is 0 Å². The molecule has 5 heteroatoms. The minimum absolute atomic E-state index is 0.198. The van der Waals surface area contributed by atoms with Gasteiger partial charge in [0.1, 0.15) is 5.00 Å². The molecular formula is C10H17N3OS. The third-order valence-corrected chi connectivity index (χ3v) is 3.92. The Morgan fingerprint density at radius 2 is 2.27 bits per heavy atom. The Labute approximate surface area is 93.7 Å². The number of nitrogens with zero attached hydrogens (tertiary/aromatic N) is 2. The number of nitrogen functional groups attached to an aromatic ring is 1. The fourth-order valence-corrected chi connectivity index (χ4v) is 2.83. The van der Waals surface area contributed by atoms with Gasteiger partial charge in [-0.3, -0.25) is 0 Å². The molecule has 1 aromatic heterocycles. The van der Waals surface area contributed by atoms with Gasteiger partial charge < -0.3 is 15.7 Å². The van der Waals surface area contributed by atoms with Gasteiger partial charge in [-0.05, 0) is 12.8 Å². The zero-order valence-corrected chi connectivity index (χ0v) is 9.70. The lowest BCUT2D eigenvalue weighted by Crippen LogP contribution is -2.43. The molecule has 0 aromatic carbocycles. The Kier molecular flexibility index (Phi) is 3.11. The maximum absolute atomic E-state index is 9.91. The highest BCUT2D eigenvalue weighted by molar-refractivity contribution is 7.19. The van der Waals surface area contributed by atoms with Crippen LogP contribution in [0, 0.1) is 0 Å². The van der Waals surface area contributed by atoms with Crippen molar-refractivity contribution >= 4 is 21.5 Å². The normalized spacial score (nSPS) is 26.5. The van der Waals surface area contributed by atoms with Crippen molar-refractivity contribution in [3.05, 3.63) is 6.20 Å². The Hall–Kier alpha value is -0.810. The molecule has 0 saturated heterocycles. The van der Waals surface area contributed by atoms with Crippen molar-refractivity contribution in [2.45, 2.75) is 37.8 Å². The molecule has 0 radical (unpaired) electrons. The van der Waals surface area contributed by atoms with E-state index in [2.05, 4.69) is 9.88 Å². The zero-order chi connectivity index (χ0) is 10.8. The molecule has 4 nitrogen and oxygen atoms in total. The van der Waals surface area contributed by atoms with Crippen LogP contribution in [0.5, 0.6) is 0 Å². The van der Waals surface area contributed by atoms with Gasteiger partial charge in [0.25, 0.3) is 0 Å². The molecule has 84 valence electrons. The summed E-state index contributed by atoms with van der Waals surface area (Å²) in [5, 5.41) is 11.5. The average molecular weight is 227 g/mol. The number of aliphatic hydroxyl groups excluding tert-OH is 1. The summed E-state index contributed by atoms with van der Waals surface area (Å²) in [6, 6.07) is 0.198. The van der Waals surface area contributed by atoms with Gasteiger partial charge in [-0.2, -0.15) is 0 Å². The number of hydrogen-bond donors (Lipinski definition) is 2. The largest absolute Gasteiger partial charge is 0.391 e. The number of nitrogens with two attached hydrogens (primary N) is 1. The van der Waals surface area contributed by atoms with Crippen molar-refractivity contribution in [1.82, 2.24) is 4.98 Å². The van der Waals surface area contributed by atoms with E-state index in [1.165, 1.54) is 17.8 Å². The quantitative estimate of drug-likeness (QED) is 0.803. The SMILES string of the molecule is CN(c1ncc(N)s1)C1CCCCC1O. The van der Waals surface area contributed by atoms with E-state index in [-0.39, 0.29) is 12.1 Å². The van der Waals surface area contributed by atoms with Crippen LogP contribution in [-0.4, -0.2) is 29.3 Å². The summed E-state index contributed by atoms with van der Waals surface area (Å²) in [6.45, 7) is 0. The van der Waals surface area contributed by atoms with E-state index >= 15 is 0 Å². The van der Waals surface area contributed by atoms with Gasteiger partial charge in [-0.25, -0.2) is 4.98 Å². The van der Waals surface area contributed by atoms with Crippen LogP contribution in [0.1, 0.15) is 25.7 Å². The molecule has 1 aliphatic carbocycles. The van der Waals surface area contributed by atoms with Crippen LogP contribution >= 0.6 is 11.3 Å². The average Bonchev–Trinajstić information content (AvgIpc) is 2.65. The van der Waals surface area contributed by atoms with E-state index in [9.17, 15) is 5.11 Å². The topological polar surface area (TPSA) is 62.4 Å². The van der Waals surface area contributed by atoms with Crippen LogP contribution in [0.2, 0.25) is 0 Å². The summed E-state index contributed by atoms with van der Waals surface area (Å²) in [5.74, 6) is 0. The summed E-state index contributed by atoms with van der Waals surface area (Å²) in [7, 11) is 1.98. The number of aliphatic hydroxyl groups is 1. The van der Waals surface area contributed by atoms with E-state index in [0.717, 1.165) is 29.4 Å². The highest BCUT2D eigenvalue weighted by Gasteiger charge is 2.27. The summed E-state index contributed by atoms with van der Waals surface area (Å²) < 4.78 is 0. The lowest BCUT2D eigenvalue weighted by Gasteiger charge is -2.34. The van der Waals surface area contributed by atoms with Gasteiger partial charge in [-0.15, -0.1) is 0 Å². The minimum atomic E-state index is -0.228. The van der Waals surface area contributed by atoms with Crippen LogP contribution in [0.3, 0.4) is 0 Å². The standard InChI is InChI=1S/C10H17N3OS/c1-13(10-12-6-9(11)15-10)7-4-2-3-5-8(7)14/h6-8,14H,2-5,11H2,1H3. The number of hydrogen-bond acceptors (Lipinski definition) is 5. The smallest absolute Gasteiger partial charge is 0.187 e. The highest BCUT2D eigenvalue weighted by atomic mass is 32.1. The molecular weight excluding hydrogens is 210 g/mol. The van der Waals surface area contributed by atoms with Crippen LogP contribution in [0.25, 0.3) is 0 Å². The molecule has 2 atom stereocenters. The van der Waals surface area contributed by atoms with E-state index in [1.54, 1.807) is 6.20 Å². The third-order valence-electron chi connectivity index (χ3n) is 3.00. The second-order valence-electron chi connectivity index (χ2n) is 4.08. The number of anilines is 2. The molecule has 1 aromatic rings. The maximum atomic E-state index is 9.91. The Morgan fingerprint density at radius 3 is 2.87 bits per heavy atom. The first-order valence-corrected chi connectivity index (χ1v) is 6.12. The van der Waals surface area contributed by atoms with E-state index in [0.29, 0.717) is 0 Å². The molecule has 1 heterocycles. The van der Waals surface area contributed by atoms with E-state index in [1.807, 2.05) is 7.05 Å². The molecule has 1 aliphatic rings. The summed E-state index contributed by atoms with van der Waals surface area (Å²) in [5.41, 5.74) is 5.65. The fraction of sp³-hybridized carbons (Fsp3) is 0.700. The van der Waals surface area contributed by atoms with E-state index < -0.39 is 0 Å². The number of aromatic nitrogens is 1. The van der Waals surface area contributed by atoms with Crippen molar-refractivity contribution in [1.29, 1.82) is 0 Å². The van der Waals surface area contributed by atoms with Crippen molar-refractivity contribution < 1.29 is 5.11 Å².